The lowest BCUT2D eigenvalue weighted by Crippen LogP contribution is -2.41. The summed E-state index contributed by atoms with van der Waals surface area (Å²) in [5.41, 5.74) is -1.50. The van der Waals surface area contributed by atoms with E-state index >= 15 is 0 Å². The van der Waals surface area contributed by atoms with Crippen LogP contribution < -0.4 is 0 Å². The van der Waals surface area contributed by atoms with Gasteiger partial charge in [-0.25, -0.2) is 0 Å². The molecule has 11 heavy (non-hydrogen) atoms. The molecule has 0 aliphatic carbocycles. The highest BCUT2D eigenvalue weighted by Crippen LogP contribution is 2.29. The fourth-order valence-corrected chi connectivity index (χ4v) is 1.09. The monoisotopic (exact) mass is 155 g/mol. The second-order valence-electron chi connectivity index (χ2n) is 2.57. The maximum Gasteiger partial charge on any atom is 0.203 e. The van der Waals surface area contributed by atoms with Crippen molar-refractivity contribution in [1.82, 2.24) is 0 Å². The van der Waals surface area contributed by atoms with Gasteiger partial charge >= 0.3 is 0 Å². The molecule has 1 aliphatic rings. The van der Waals surface area contributed by atoms with Gasteiger partial charge in [-0.2, -0.15) is 5.26 Å². The second kappa shape index (κ2) is 2.78. The van der Waals surface area contributed by atoms with Crippen molar-refractivity contribution in [3.8, 4) is 6.07 Å². The lowest BCUT2D eigenvalue weighted by atomic mass is 9.99. The van der Waals surface area contributed by atoms with Crippen molar-refractivity contribution < 1.29 is 14.9 Å². The first kappa shape index (κ1) is 8.47. The minimum Gasteiger partial charge on any atom is -0.392 e. The van der Waals surface area contributed by atoms with E-state index in [4.69, 9.17) is 22.0 Å². The molecule has 0 unspecified atom stereocenters. The topological polar surface area (TPSA) is 73.5 Å². The normalized spacial score (nSPS) is 43.8. The molecule has 0 saturated carbocycles. The predicted molar refractivity (Wildman–Crippen MR) is 35.2 cm³/mol. The number of aliphatic hydroxyl groups excluding tert-OH is 2. The molecule has 4 nitrogen and oxygen atoms in total. The number of hydrogen-bond acceptors (Lipinski definition) is 4. The van der Waals surface area contributed by atoms with Gasteiger partial charge in [-0.05, 0) is 6.92 Å². The molecule has 0 aromatic heterocycles. The Balaban J connectivity index is 2.78. The molecule has 2 N–H and O–H groups in total. The van der Waals surface area contributed by atoms with Crippen LogP contribution in [0.15, 0.2) is 0 Å². The van der Waals surface area contributed by atoms with Crippen LogP contribution in [0.5, 0.6) is 0 Å². The van der Waals surface area contributed by atoms with E-state index in [2.05, 4.69) is 0 Å². The third kappa shape index (κ3) is 1.23. The van der Waals surface area contributed by atoms with E-state index in [0.29, 0.717) is 0 Å². The number of rotatable bonds is 1. The molecule has 1 saturated heterocycles. The van der Waals surface area contributed by atoms with Gasteiger partial charge in [-0.15, -0.1) is 0 Å². The summed E-state index contributed by atoms with van der Waals surface area (Å²) in [5, 5.41) is 26.5. The largest absolute Gasteiger partial charge is 0.392 e. The Labute approximate surface area is 65.0 Å². The quantitative estimate of drug-likeness (QED) is 0.514. The summed E-state index contributed by atoms with van der Waals surface area (Å²) < 4.78 is 4.88. The van der Waals surface area contributed by atoms with Crippen molar-refractivity contribution in [1.29, 1.82) is 5.26 Å². The molecule has 1 rings (SSSR count). The van der Waals surface area contributed by atoms with Crippen LogP contribution in [-0.4, -0.2) is 34.6 Å². The van der Waals surface area contributed by atoms with E-state index in [-0.39, 0.29) is 6.42 Å². The summed E-state index contributed by atoms with van der Waals surface area (Å²) in [7, 11) is 0. The number of nitriles is 1. The maximum absolute atomic E-state index is 9.22. The van der Waals surface area contributed by atoms with Gasteiger partial charge in [-0.1, -0.05) is 0 Å². The summed E-state index contributed by atoms with van der Waals surface area (Å²) in [4.78, 5) is 0. The van der Waals surface area contributed by atoms with E-state index in [1.807, 2.05) is 0 Å². The Morgan fingerprint density at radius 1 is 1.82 bits per heavy atom. The van der Waals surface area contributed by atoms with Gasteiger partial charge < -0.3 is 14.9 Å². The number of nitrogens with zero attached hydrogens (tertiary/aromatic N) is 1. The molecular weight excluding hydrogens is 146 g/mol. The summed E-state index contributed by atoms with van der Waals surface area (Å²) in [5.74, 6) is 0. The lowest BCUT2D eigenvalue weighted by molar-refractivity contribution is -0.0635. The van der Waals surface area contributed by atoms with Crippen molar-refractivity contribution in [2.45, 2.75) is 24.2 Å². The summed E-state index contributed by atoms with van der Waals surface area (Å²) >= 11 is 0. The Morgan fingerprint density at radius 3 is 2.64 bits per heavy atom. The Morgan fingerprint density at radius 2 is 2.45 bits per heavy atom. The van der Waals surface area contributed by atoms with Crippen molar-refractivity contribution in [2.24, 2.45) is 0 Å². The van der Waals surface area contributed by atoms with E-state index in [1.165, 1.54) is 0 Å². The first-order chi connectivity index (χ1) is 5.14. The molecule has 0 amide bonds. The Bertz CT molecular complexity index is 189. The molecule has 0 aromatic rings. The van der Waals surface area contributed by atoms with Gasteiger partial charge in [-0.3, -0.25) is 0 Å². The van der Waals surface area contributed by atoms with E-state index in [0.717, 1.165) is 0 Å². The first-order valence-corrected chi connectivity index (χ1v) is 3.28. The van der Waals surface area contributed by atoms with Gasteiger partial charge in [0.15, 0.2) is 0 Å². The predicted octanol–water partition coefficient (Wildman–Crippen LogP) is -0.898. The number of hydrogen-bond donors (Lipinski definition) is 2. The van der Waals surface area contributed by atoms with E-state index in [9.17, 15) is 5.11 Å². The van der Waals surface area contributed by atoms with Crippen molar-refractivity contribution in [3.63, 3.8) is 0 Å². The van der Waals surface area contributed by atoms with Gasteiger partial charge in [0.1, 0.15) is 12.2 Å². The summed E-state index contributed by atoms with van der Waals surface area (Å²) in [6.45, 7) is 4.78. The fourth-order valence-electron chi connectivity index (χ4n) is 1.09. The third-order valence-electron chi connectivity index (χ3n) is 1.78. The minimum absolute atomic E-state index is 0.189. The van der Waals surface area contributed by atoms with Crippen LogP contribution in [-0.2, 0) is 4.74 Å². The minimum atomic E-state index is -1.50. The van der Waals surface area contributed by atoms with Crippen LogP contribution in [0, 0.1) is 18.3 Å². The molecule has 0 aromatic carbocycles. The van der Waals surface area contributed by atoms with E-state index in [1.54, 1.807) is 6.07 Å². The Kier molecular flexibility index (Phi) is 2.14. The van der Waals surface area contributed by atoms with Gasteiger partial charge in [0.05, 0.1) is 12.7 Å². The molecule has 1 heterocycles. The molecule has 4 heteroatoms. The first-order valence-electron chi connectivity index (χ1n) is 3.28. The standard InChI is InChI=1S/C7H9NO3/c1-5-2-6(10)7(3-8,4-9)11-5/h1,5-6,9-10H,2,4H2/t5-,6+,7+/m0/s1. The maximum atomic E-state index is 9.22. The lowest BCUT2D eigenvalue weighted by Gasteiger charge is -2.20. The molecule has 60 valence electrons. The highest BCUT2D eigenvalue weighted by molar-refractivity contribution is 5.11. The highest BCUT2D eigenvalue weighted by atomic mass is 16.5. The third-order valence-corrected chi connectivity index (χ3v) is 1.78. The van der Waals surface area contributed by atoms with Gasteiger partial charge in [0, 0.05) is 6.42 Å². The van der Waals surface area contributed by atoms with Crippen LogP contribution in [0.4, 0.5) is 0 Å². The van der Waals surface area contributed by atoms with Crippen LogP contribution in [0.1, 0.15) is 6.42 Å². The van der Waals surface area contributed by atoms with Crippen molar-refractivity contribution in [3.05, 3.63) is 6.92 Å². The molecular formula is C7H9NO3. The smallest absolute Gasteiger partial charge is 0.203 e. The van der Waals surface area contributed by atoms with Gasteiger partial charge in [0.2, 0.25) is 5.60 Å². The van der Waals surface area contributed by atoms with Crippen LogP contribution in [0.2, 0.25) is 0 Å². The molecule has 2 radical (unpaired) electrons. The average molecular weight is 155 g/mol. The van der Waals surface area contributed by atoms with Crippen LogP contribution >= 0.6 is 0 Å². The number of aliphatic hydroxyl groups is 2. The van der Waals surface area contributed by atoms with Crippen molar-refractivity contribution in [2.75, 3.05) is 6.61 Å². The SMILES string of the molecule is [CH][C@H]1C[C@@H](O)[C@@](C#N)(CO)O1. The van der Waals surface area contributed by atoms with Crippen LogP contribution in [0.3, 0.4) is 0 Å². The zero-order valence-electron chi connectivity index (χ0n) is 5.90. The summed E-state index contributed by atoms with van der Waals surface area (Å²) in [6.07, 6.45) is -1.46. The van der Waals surface area contributed by atoms with Crippen molar-refractivity contribution >= 4 is 0 Å². The molecule has 0 spiro atoms. The van der Waals surface area contributed by atoms with Crippen LogP contribution in [0.25, 0.3) is 0 Å². The molecule has 0 bridgehead atoms. The highest BCUT2D eigenvalue weighted by Gasteiger charge is 2.46. The second-order valence-corrected chi connectivity index (χ2v) is 2.57. The average Bonchev–Trinajstić information content (AvgIpc) is 2.27. The molecule has 1 fully saturated rings. The zero-order chi connectivity index (χ0) is 8.48. The summed E-state index contributed by atoms with van der Waals surface area (Å²) in [6, 6.07) is 1.71. The number of ether oxygens (including phenoxy) is 1. The molecule has 3 atom stereocenters. The van der Waals surface area contributed by atoms with Gasteiger partial charge in [0.25, 0.3) is 0 Å². The fraction of sp³-hybridized carbons (Fsp3) is 0.714. The Hall–Kier alpha value is -0.630. The zero-order valence-corrected chi connectivity index (χ0v) is 5.90. The molecule has 1 aliphatic heterocycles. The van der Waals surface area contributed by atoms with E-state index < -0.39 is 24.4 Å².